The van der Waals surface area contributed by atoms with E-state index < -0.39 is 0 Å². The number of quaternary nitrogens is 1. The summed E-state index contributed by atoms with van der Waals surface area (Å²) in [5, 5.41) is 0. The van der Waals surface area contributed by atoms with Crippen molar-refractivity contribution in [1.29, 1.82) is 0 Å². The first kappa shape index (κ1) is 18.2. The van der Waals surface area contributed by atoms with Gasteiger partial charge in [-0.2, -0.15) is 0 Å². The molecule has 0 spiro atoms. The molecule has 0 saturated heterocycles. The molecule has 4 bridgehead atoms. The molecule has 4 saturated carbocycles. The van der Waals surface area contributed by atoms with Gasteiger partial charge in [-0.1, -0.05) is 13.8 Å². The molecule has 0 radical (unpaired) electrons. The summed E-state index contributed by atoms with van der Waals surface area (Å²) in [6.45, 7) is 12.0. The summed E-state index contributed by atoms with van der Waals surface area (Å²) < 4.78 is 7.03. The van der Waals surface area contributed by atoms with Crippen LogP contribution in [0.3, 0.4) is 0 Å². The second kappa shape index (κ2) is 7.35. The third kappa shape index (κ3) is 3.52. The van der Waals surface area contributed by atoms with Gasteiger partial charge in [0.05, 0.1) is 25.0 Å². The molecular formula is C21H38NO2+. The summed E-state index contributed by atoms with van der Waals surface area (Å²) in [5.41, 5.74) is -0.0911. The van der Waals surface area contributed by atoms with Gasteiger partial charge in [0, 0.05) is 0 Å². The summed E-state index contributed by atoms with van der Waals surface area (Å²) in [6, 6.07) is 0. The van der Waals surface area contributed by atoms with E-state index in [9.17, 15) is 4.79 Å². The van der Waals surface area contributed by atoms with E-state index in [4.69, 9.17) is 4.74 Å². The van der Waals surface area contributed by atoms with E-state index in [0.29, 0.717) is 6.61 Å². The zero-order valence-corrected chi connectivity index (χ0v) is 16.2. The van der Waals surface area contributed by atoms with E-state index in [2.05, 4.69) is 20.8 Å². The number of hydrogen-bond acceptors (Lipinski definition) is 2. The lowest BCUT2D eigenvalue weighted by Crippen LogP contribution is -2.53. The average Bonchev–Trinajstić information content (AvgIpc) is 2.53. The Morgan fingerprint density at radius 3 is 1.83 bits per heavy atom. The highest BCUT2D eigenvalue weighted by Gasteiger charge is 2.55. The van der Waals surface area contributed by atoms with Gasteiger partial charge in [-0.25, -0.2) is 0 Å². The normalized spacial score (nSPS) is 34.5. The number of likely N-dealkylation sites (N-methyl/N-ethyl adjacent to an activating group) is 1. The Labute approximate surface area is 148 Å². The molecule has 3 heteroatoms. The Balaban J connectivity index is 1.55. The second-order valence-corrected chi connectivity index (χ2v) is 9.16. The largest absolute Gasteiger partial charge is 0.459 e. The molecule has 0 aliphatic heterocycles. The highest BCUT2D eigenvalue weighted by atomic mass is 16.5. The van der Waals surface area contributed by atoms with Crippen LogP contribution in [-0.4, -0.2) is 43.2 Å². The maximum absolute atomic E-state index is 13.0. The van der Waals surface area contributed by atoms with Gasteiger partial charge in [0.15, 0.2) is 0 Å². The molecule has 0 aromatic heterocycles. The zero-order valence-electron chi connectivity index (χ0n) is 16.2. The molecule has 0 N–H and O–H groups in total. The van der Waals surface area contributed by atoms with Crippen molar-refractivity contribution >= 4 is 5.97 Å². The minimum absolute atomic E-state index is 0.0911. The Hall–Kier alpha value is -0.570. The number of hydrogen-bond donors (Lipinski definition) is 0. The smallest absolute Gasteiger partial charge is 0.312 e. The van der Waals surface area contributed by atoms with Crippen LogP contribution in [0.4, 0.5) is 0 Å². The fourth-order valence-corrected chi connectivity index (χ4v) is 6.60. The van der Waals surface area contributed by atoms with E-state index in [-0.39, 0.29) is 11.4 Å². The number of ether oxygens (including phenoxy) is 1. The molecule has 4 fully saturated rings. The van der Waals surface area contributed by atoms with E-state index in [0.717, 1.165) is 54.6 Å². The molecule has 0 heterocycles. The second-order valence-electron chi connectivity index (χ2n) is 9.16. The average molecular weight is 337 g/mol. The van der Waals surface area contributed by atoms with Crippen LogP contribution in [0.5, 0.6) is 0 Å². The third-order valence-electron chi connectivity index (χ3n) is 7.34. The van der Waals surface area contributed by atoms with Crippen molar-refractivity contribution in [2.45, 2.75) is 72.1 Å². The first-order valence-electron chi connectivity index (χ1n) is 10.6. The first-order chi connectivity index (χ1) is 11.5. The molecule has 0 atom stereocenters. The molecular weight excluding hydrogens is 298 g/mol. The molecule has 3 nitrogen and oxygen atoms in total. The van der Waals surface area contributed by atoms with Crippen LogP contribution in [0.1, 0.15) is 72.1 Å². The van der Waals surface area contributed by atoms with Gasteiger partial charge in [0.25, 0.3) is 0 Å². The summed E-state index contributed by atoms with van der Waals surface area (Å²) in [6.07, 6.45) is 9.92. The SMILES string of the molecule is CCC[N+](CC)(CCC)CCOC(=O)C12CC3CC(CC(C3)C1)C2. The van der Waals surface area contributed by atoms with Gasteiger partial charge in [-0.15, -0.1) is 0 Å². The van der Waals surface area contributed by atoms with Crippen LogP contribution < -0.4 is 0 Å². The lowest BCUT2D eigenvalue weighted by molar-refractivity contribution is -0.926. The van der Waals surface area contributed by atoms with Crippen molar-refractivity contribution < 1.29 is 14.0 Å². The van der Waals surface area contributed by atoms with Gasteiger partial charge in [-0.05, 0) is 76.0 Å². The number of esters is 1. The molecule has 138 valence electrons. The molecule has 0 unspecified atom stereocenters. The van der Waals surface area contributed by atoms with Crippen LogP contribution in [0.15, 0.2) is 0 Å². The molecule has 0 aromatic rings. The zero-order chi connectivity index (χ0) is 17.2. The number of carbonyl (C=O) groups excluding carboxylic acids is 1. The fourth-order valence-electron chi connectivity index (χ4n) is 6.60. The lowest BCUT2D eigenvalue weighted by atomic mass is 9.49. The van der Waals surface area contributed by atoms with Crippen LogP contribution >= 0.6 is 0 Å². The summed E-state index contributed by atoms with van der Waals surface area (Å²) in [4.78, 5) is 13.0. The predicted octanol–water partition coefficient (Wildman–Crippen LogP) is 4.40. The van der Waals surface area contributed by atoms with Gasteiger partial charge < -0.3 is 9.22 Å². The summed E-state index contributed by atoms with van der Waals surface area (Å²) in [7, 11) is 0. The topological polar surface area (TPSA) is 26.3 Å². The monoisotopic (exact) mass is 336 g/mol. The maximum atomic E-state index is 13.0. The van der Waals surface area contributed by atoms with Crippen molar-refractivity contribution in [3.05, 3.63) is 0 Å². The van der Waals surface area contributed by atoms with Gasteiger partial charge >= 0.3 is 5.97 Å². The minimum Gasteiger partial charge on any atom is -0.459 e. The third-order valence-corrected chi connectivity index (χ3v) is 7.34. The Morgan fingerprint density at radius 1 is 0.917 bits per heavy atom. The molecule has 24 heavy (non-hydrogen) atoms. The number of rotatable bonds is 9. The Kier molecular flexibility index (Phi) is 5.58. The van der Waals surface area contributed by atoms with E-state index in [1.165, 1.54) is 45.2 Å². The van der Waals surface area contributed by atoms with Crippen LogP contribution in [0.2, 0.25) is 0 Å². The highest BCUT2D eigenvalue weighted by molar-refractivity contribution is 5.77. The first-order valence-corrected chi connectivity index (χ1v) is 10.6. The number of carbonyl (C=O) groups is 1. The van der Waals surface area contributed by atoms with Gasteiger partial charge in [0.1, 0.15) is 13.2 Å². The summed E-state index contributed by atoms with van der Waals surface area (Å²) in [5.74, 6) is 2.60. The maximum Gasteiger partial charge on any atom is 0.312 e. The van der Waals surface area contributed by atoms with Crippen molar-refractivity contribution in [3.63, 3.8) is 0 Å². The van der Waals surface area contributed by atoms with Crippen molar-refractivity contribution in [2.24, 2.45) is 23.2 Å². The highest BCUT2D eigenvalue weighted by Crippen LogP contribution is 2.60. The molecule has 0 aromatic carbocycles. The molecule has 4 aliphatic carbocycles. The standard InChI is InChI=1S/C21H38NO2/c1-4-7-22(6-3,8-5-2)9-10-24-20(23)21-14-17-11-18(15-21)13-19(12-17)16-21/h17-19H,4-16H2,1-3H3/q+1. The van der Waals surface area contributed by atoms with Gasteiger partial charge in [-0.3, -0.25) is 4.79 Å². The van der Waals surface area contributed by atoms with E-state index in [1.807, 2.05) is 0 Å². The van der Waals surface area contributed by atoms with Crippen molar-refractivity contribution in [1.82, 2.24) is 0 Å². The lowest BCUT2D eigenvalue weighted by Gasteiger charge is -2.55. The number of nitrogens with zero attached hydrogens (tertiary/aromatic N) is 1. The molecule has 4 rings (SSSR count). The van der Waals surface area contributed by atoms with Crippen LogP contribution in [-0.2, 0) is 9.53 Å². The van der Waals surface area contributed by atoms with Crippen molar-refractivity contribution in [3.8, 4) is 0 Å². The molecule has 4 aliphatic rings. The van der Waals surface area contributed by atoms with Crippen LogP contribution in [0.25, 0.3) is 0 Å². The Bertz CT molecular complexity index is 404. The van der Waals surface area contributed by atoms with Crippen molar-refractivity contribution in [2.75, 3.05) is 32.8 Å². The quantitative estimate of drug-likeness (QED) is 0.461. The summed E-state index contributed by atoms with van der Waals surface area (Å²) >= 11 is 0. The predicted molar refractivity (Wildman–Crippen MR) is 97.5 cm³/mol. The molecule has 0 amide bonds. The Morgan fingerprint density at radius 2 is 1.42 bits per heavy atom. The van der Waals surface area contributed by atoms with Crippen LogP contribution in [0, 0.1) is 23.2 Å². The van der Waals surface area contributed by atoms with E-state index in [1.54, 1.807) is 0 Å². The fraction of sp³-hybridized carbons (Fsp3) is 0.952. The minimum atomic E-state index is -0.0911. The van der Waals surface area contributed by atoms with Gasteiger partial charge in [0.2, 0.25) is 0 Å². The van der Waals surface area contributed by atoms with E-state index >= 15 is 0 Å².